The number of nitrogens with one attached hydrogen (secondary N) is 1. The standard InChI is InChI=1S/C15H11Cl4NOS/c16-10-3-1-9(2-4-10)7-22-8-14(21)20-15-12(18)5-11(17)6-13(15)19/h1-6H,7-8H2,(H,20,21). The summed E-state index contributed by atoms with van der Waals surface area (Å²) in [6, 6.07) is 10.6. The summed E-state index contributed by atoms with van der Waals surface area (Å²) in [5, 5.41) is 4.44. The second kappa shape index (κ2) is 8.32. The predicted molar refractivity (Wildman–Crippen MR) is 97.7 cm³/mol. The fourth-order valence-electron chi connectivity index (χ4n) is 1.68. The highest BCUT2D eigenvalue weighted by molar-refractivity contribution is 7.99. The maximum atomic E-state index is 11.9. The van der Waals surface area contributed by atoms with Crippen LogP contribution >= 0.6 is 58.2 Å². The number of anilines is 1. The van der Waals surface area contributed by atoms with E-state index < -0.39 is 0 Å². The minimum atomic E-state index is -0.176. The summed E-state index contributed by atoms with van der Waals surface area (Å²) in [5.74, 6) is 0.829. The molecular formula is C15H11Cl4NOS. The van der Waals surface area contributed by atoms with E-state index in [4.69, 9.17) is 46.4 Å². The number of rotatable bonds is 5. The predicted octanol–water partition coefficient (Wildman–Crippen LogP) is 6.17. The van der Waals surface area contributed by atoms with Crippen molar-refractivity contribution in [2.75, 3.05) is 11.1 Å². The van der Waals surface area contributed by atoms with Crippen LogP contribution in [0, 0.1) is 0 Å². The highest BCUT2D eigenvalue weighted by Crippen LogP contribution is 2.33. The molecule has 116 valence electrons. The van der Waals surface area contributed by atoms with Crippen LogP contribution in [0.3, 0.4) is 0 Å². The first-order chi connectivity index (χ1) is 10.5. The molecule has 7 heteroatoms. The van der Waals surface area contributed by atoms with Crippen LogP contribution in [-0.2, 0) is 10.5 Å². The molecule has 1 amide bonds. The fraction of sp³-hybridized carbons (Fsp3) is 0.133. The van der Waals surface area contributed by atoms with Crippen molar-refractivity contribution in [2.45, 2.75) is 5.75 Å². The van der Waals surface area contributed by atoms with Crippen LogP contribution in [0.2, 0.25) is 20.1 Å². The lowest BCUT2D eigenvalue weighted by Gasteiger charge is -2.09. The summed E-state index contributed by atoms with van der Waals surface area (Å²) in [7, 11) is 0. The lowest BCUT2D eigenvalue weighted by Crippen LogP contribution is -2.14. The molecule has 0 saturated carbocycles. The Kier molecular flexibility index (Phi) is 6.72. The van der Waals surface area contributed by atoms with E-state index in [0.717, 1.165) is 5.56 Å². The number of thioether (sulfide) groups is 1. The van der Waals surface area contributed by atoms with Gasteiger partial charge in [-0.3, -0.25) is 4.79 Å². The molecule has 0 atom stereocenters. The number of amides is 1. The van der Waals surface area contributed by atoms with E-state index >= 15 is 0 Å². The first-order valence-electron chi connectivity index (χ1n) is 6.22. The van der Waals surface area contributed by atoms with Crippen molar-refractivity contribution in [3.63, 3.8) is 0 Å². The van der Waals surface area contributed by atoms with Gasteiger partial charge < -0.3 is 5.32 Å². The maximum absolute atomic E-state index is 11.9. The highest BCUT2D eigenvalue weighted by atomic mass is 35.5. The van der Waals surface area contributed by atoms with Gasteiger partial charge in [-0.05, 0) is 29.8 Å². The zero-order valence-electron chi connectivity index (χ0n) is 11.2. The molecule has 0 aliphatic carbocycles. The van der Waals surface area contributed by atoms with Gasteiger partial charge in [-0.15, -0.1) is 11.8 Å². The van der Waals surface area contributed by atoms with Crippen LogP contribution in [0.1, 0.15) is 5.56 Å². The lowest BCUT2D eigenvalue weighted by atomic mass is 10.2. The minimum absolute atomic E-state index is 0.176. The van der Waals surface area contributed by atoms with Crippen molar-refractivity contribution >= 4 is 69.8 Å². The molecule has 0 fully saturated rings. The minimum Gasteiger partial charge on any atom is -0.323 e. The van der Waals surface area contributed by atoms with Crippen LogP contribution in [0.15, 0.2) is 36.4 Å². The van der Waals surface area contributed by atoms with E-state index in [-0.39, 0.29) is 11.7 Å². The van der Waals surface area contributed by atoms with E-state index in [1.165, 1.54) is 23.9 Å². The summed E-state index contributed by atoms with van der Waals surface area (Å²) in [5.41, 5.74) is 1.48. The van der Waals surface area contributed by atoms with Gasteiger partial charge in [0.2, 0.25) is 5.91 Å². The second-order valence-corrected chi connectivity index (χ2v) is 7.08. The Balaban J connectivity index is 1.87. The molecule has 0 aliphatic rings. The lowest BCUT2D eigenvalue weighted by molar-refractivity contribution is -0.113. The van der Waals surface area contributed by atoms with Crippen molar-refractivity contribution in [1.29, 1.82) is 0 Å². The zero-order valence-corrected chi connectivity index (χ0v) is 15.0. The third kappa shape index (κ3) is 5.25. The summed E-state index contributed by atoms with van der Waals surface area (Å²) in [6.45, 7) is 0. The fourth-order valence-corrected chi connectivity index (χ4v) is 3.50. The van der Waals surface area contributed by atoms with Gasteiger partial charge in [0.1, 0.15) is 0 Å². The summed E-state index contributed by atoms with van der Waals surface area (Å²) < 4.78 is 0. The second-order valence-electron chi connectivity index (χ2n) is 4.41. The number of benzene rings is 2. The molecule has 0 aromatic heterocycles. The number of hydrogen-bond acceptors (Lipinski definition) is 2. The maximum Gasteiger partial charge on any atom is 0.234 e. The van der Waals surface area contributed by atoms with Gasteiger partial charge in [0, 0.05) is 15.8 Å². The van der Waals surface area contributed by atoms with Crippen LogP contribution < -0.4 is 5.32 Å². The highest BCUT2D eigenvalue weighted by Gasteiger charge is 2.11. The van der Waals surface area contributed by atoms with E-state index in [0.29, 0.717) is 31.5 Å². The number of carbonyl (C=O) groups is 1. The Hall–Kier alpha value is -0.580. The quantitative estimate of drug-likeness (QED) is 0.656. The van der Waals surface area contributed by atoms with Crippen molar-refractivity contribution in [3.05, 3.63) is 62.1 Å². The smallest absolute Gasteiger partial charge is 0.234 e. The molecule has 2 rings (SSSR count). The molecule has 0 unspecified atom stereocenters. The van der Waals surface area contributed by atoms with Gasteiger partial charge in [0.05, 0.1) is 21.5 Å². The summed E-state index contributed by atoms with van der Waals surface area (Å²) in [6.07, 6.45) is 0. The number of hydrogen-bond donors (Lipinski definition) is 1. The molecule has 0 radical (unpaired) electrons. The van der Waals surface area contributed by atoms with Crippen molar-refractivity contribution < 1.29 is 4.79 Å². The van der Waals surface area contributed by atoms with Crippen LogP contribution in [0.25, 0.3) is 0 Å². The molecule has 2 aromatic rings. The molecule has 2 nitrogen and oxygen atoms in total. The third-order valence-electron chi connectivity index (χ3n) is 2.69. The SMILES string of the molecule is O=C(CSCc1ccc(Cl)cc1)Nc1c(Cl)cc(Cl)cc1Cl. The van der Waals surface area contributed by atoms with Gasteiger partial charge in [-0.1, -0.05) is 58.5 Å². The van der Waals surface area contributed by atoms with Crippen LogP contribution in [0.5, 0.6) is 0 Å². The monoisotopic (exact) mass is 393 g/mol. The van der Waals surface area contributed by atoms with E-state index in [9.17, 15) is 4.79 Å². The Bertz CT molecular complexity index is 653. The van der Waals surface area contributed by atoms with Crippen LogP contribution in [-0.4, -0.2) is 11.7 Å². The van der Waals surface area contributed by atoms with Crippen LogP contribution in [0.4, 0.5) is 5.69 Å². The van der Waals surface area contributed by atoms with Gasteiger partial charge in [-0.25, -0.2) is 0 Å². The van der Waals surface area contributed by atoms with Crippen molar-refractivity contribution in [2.24, 2.45) is 0 Å². The average molecular weight is 395 g/mol. The number of halogens is 4. The number of carbonyl (C=O) groups excluding carboxylic acids is 1. The van der Waals surface area contributed by atoms with E-state index in [2.05, 4.69) is 5.32 Å². The Morgan fingerprint density at radius 2 is 1.55 bits per heavy atom. The van der Waals surface area contributed by atoms with E-state index in [1.807, 2.05) is 24.3 Å². The topological polar surface area (TPSA) is 29.1 Å². The normalized spacial score (nSPS) is 10.5. The molecule has 0 aliphatic heterocycles. The molecule has 22 heavy (non-hydrogen) atoms. The average Bonchev–Trinajstić information content (AvgIpc) is 2.45. The Morgan fingerprint density at radius 3 is 2.14 bits per heavy atom. The van der Waals surface area contributed by atoms with Crippen molar-refractivity contribution in [3.8, 4) is 0 Å². The third-order valence-corrected chi connectivity index (χ3v) is 4.76. The molecule has 0 heterocycles. The molecule has 0 bridgehead atoms. The zero-order chi connectivity index (χ0) is 16.1. The molecular weight excluding hydrogens is 384 g/mol. The Labute approximate surface area is 153 Å². The first kappa shape index (κ1) is 17.8. The molecule has 2 aromatic carbocycles. The Morgan fingerprint density at radius 1 is 0.955 bits per heavy atom. The van der Waals surface area contributed by atoms with Crippen molar-refractivity contribution in [1.82, 2.24) is 0 Å². The molecule has 1 N–H and O–H groups in total. The largest absolute Gasteiger partial charge is 0.323 e. The van der Waals surface area contributed by atoms with Gasteiger partial charge in [-0.2, -0.15) is 0 Å². The summed E-state index contributed by atoms with van der Waals surface area (Å²) >= 11 is 25.2. The first-order valence-corrected chi connectivity index (χ1v) is 8.89. The summed E-state index contributed by atoms with van der Waals surface area (Å²) in [4.78, 5) is 11.9. The van der Waals surface area contributed by atoms with Gasteiger partial charge >= 0.3 is 0 Å². The van der Waals surface area contributed by atoms with E-state index in [1.54, 1.807) is 0 Å². The molecule has 0 saturated heterocycles. The molecule has 0 spiro atoms. The van der Waals surface area contributed by atoms with Gasteiger partial charge in [0.25, 0.3) is 0 Å². The van der Waals surface area contributed by atoms with Gasteiger partial charge in [0.15, 0.2) is 0 Å².